The zero-order valence-corrected chi connectivity index (χ0v) is 18.3. The number of benzene rings is 2. The highest BCUT2D eigenvalue weighted by Crippen LogP contribution is 2.44. The van der Waals surface area contributed by atoms with Gasteiger partial charge in [-0.3, -0.25) is 4.90 Å². The summed E-state index contributed by atoms with van der Waals surface area (Å²) < 4.78 is 21.9. The number of rotatable bonds is 4. The van der Waals surface area contributed by atoms with Crippen LogP contribution < -0.4 is 4.74 Å². The Morgan fingerprint density at radius 1 is 1.12 bits per heavy atom. The Kier molecular flexibility index (Phi) is 4.50. The zero-order valence-electron chi connectivity index (χ0n) is 18.3. The Bertz CT molecular complexity index is 1330. The van der Waals surface area contributed by atoms with Gasteiger partial charge in [-0.05, 0) is 44.0 Å². The van der Waals surface area contributed by atoms with Gasteiger partial charge in [0, 0.05) is 54.0 Å². The second-order valence-electron chi connectivity index (χ2n) is 8.91. The van der Waals surface area contributed by atoms with Crippen LogP contribution in [0.25, 0.3) is 16.9 Å². The lowest BCUT2D eigenvalue weighted by Gasteiger charge is -2.36. The van der Waals surface area contributed by atoms with Crippen LogP contribution >= 0.6 is 0 Å². The van der Waals surface area contributed by atoms with Gasteiger partial charge in [0.2, 0.25) is 0 Å². The molecule has 1 saturated heterocycles. The molecule has 2 aromatic carbocycles. The van der Waals surface area contributed by atoms with Crippen LogP contribution in [0.1, 0.15) is 41.3 Å². The van der Waals surface area contributed by atoms with Crippen molar-refractivity contribution in [1.82, 2.24) is 19.5 Å². The molecule has 162 valence electrons. The van der Waals surface area contributed by atoms with Gasteiger partial charge >= 0.3 is 0 Å². The van der Waals surface area contributed by atoms with Crippen LogP contribution in [0.4, 0.5) is 4.39 Å². The number of methoxy groups -OCH3 is 1. The summed E-state index contributed by atoms with van der Waals surface area (Å²) in [5, 5.41) is 4.94. The van der Waals surface area contributed by atoms with Crippen LogP contribution in [0.3, 0.4) is 0 Å². The highest BCUT2D eigenvalue weighted by atomic mass is 19.1. The second-order valence-corrected chi connectivity index (χ2v) is 8.91. The lowest BCUT2D eigenvalue weighted by Crippen LogP contribution is -2.38. The molecule has 0 aliphatic carbocycles. The van der Waals surface area contributed by atoms with Gasteiger partial charge in [0.05, 0.1) is 18.5 Å². The highest BCUT2D eigenvalue weighted by molar-refractivity contribution is 5.65. The molecule has 0 amide bonds. The summed E-state index contributed by atoms with van der Waals surface area (Å²) in [6, 6.07) is 16.1. The lowest BCUT2D eigenvalue weighted by atomic mass is 9.98. The summed E-state index contributed by atoms with van der Waals surface area (Å²) >= 11 is 0. The van der Waals surface area contributed by atoms with E-state index in [2.05, 4.69) is 42.2 Å². The number of nitrogens with zero attached hydrogens (tertiary/aromatic N) is 4. The molecule has 1 fully saturated rings. The maximum absolute atomic E-state index is 14.5. The van der Waals surface area contributed by atoms with Crippen LogP contribution in [-0.2, 0) is 13.0 Å². The van der Waals surface area contributed by atoms with Crippen molar-refractivity contribution in [3.63, 3.8) is 0 Å². The molecular weight excluding hydrogens is 403 g/mol. The van der Waals surface area contributed by atoms with Crippen molar-refractivity contribution in [2.75, 3.05) is 7.11 Å². The first kappa shape index (κ1) is 19.4. The van der Waals surface area contributed by atoms with E-state index in [0.29, 0.717) is 23.9 Å². The van der Waals surface area contributed by atoms with Crippen molar-refractivity contribution in [3.05, 3.63) is 82.9 Å². The largest absolute Gasteiger partial charge is 0.497 e. The normalized spacial score (nSPS) is 20.0. The summed E-state index contributed by atoms with van der Waals surface area (Å²) in [7, 11) is 1.61. The third kappa shape index (κ3) is 3.09. The van der Waals surface area contributed by atoms with E-state index in [1.165, 1.54) is 22.9 Å². The predicted octanol–water partition coefficient (Wildman–Crippen LogP) is 5.11. The van der Waals surface area contributed by atoms with Crippen LogP contribution in [0, 0.1) is 12.7 Å². The molecule has 2 aromatic heterocycles. The molecule has 5 nitrogen and oxygen atoms in total. The summed E-state index contributed by atoms with van der Waals surface area (Å²) in [6.07, 6.45) is 5.06. The minimum Gasteiger partial charge on any atom is -0.497 e. The maximum atomic E-state index is 14.5. The van der Waals surface area contributed by atoms with Crippen molar-refractivity contribution in [2.24, 2.45) is 0 Å². The topological polar surface area (TPSA) is 42.7 Å². The van der Waals surface area contributed by atoms with Gasteiger partial charge in [0.15, 0.2) is 5.65 Å². The van der Waals surface area contributed by atoms with Crippen molar-refractivity contribution >= 4 is 5.65 Å². The lowest BCUT2D eigenvalue weighted by molar-refractivity contribution is 0.163. The average molecular weight is 429 g/mol. The van der Waals surface area contributed by atoms with Crippen molar-refractivity contribution in [1.29, 1.82) is 0 Å². The molecule has 0 N–H and O–H groups in total. The maximum Gasteiger partial charge on any atom is 0.155 e. The Morgan fingerprint density at radius 2 is 2.03 bits per heavy atom. The number of fused-ring (bicyclic) bond motifs is 6. The van der Waals surface area contributed by atoms with Gasteiger partial charge in [-0.1, -0.05) is 23.8 Å². The monoisotopic (exact) mass is 428 g/mol. The third-order valence-corrected chi connectivity index (χ3v) is 6.97. The summed E-state index contributed by atoms with van der Waals surface area (Å²) in [6.45, 7) is 2.67. The minimum absolute atomic E-state index is 0.181. The molecule has 6 heteroatoms. The smallest absolute Gasteiger partial charge is 0.155 e. The third-order valence-electron chi connectivity index (χ3n) is 6.97. The number of hydrogen-bond donors (Lipinski definition) is 0. The Balaban J connectivity index is 1.37. The summed E-state index contributed by atoms with van der Waals surface area (Å²) in [4.78, 5) is 7.18. The van der Waals surface area contributed by atoms with Gasteiger partial charge < -0.3 is 4.74 Å². The van der Waals surface area contributed by atoms with E-state index < -0.39 is 0 Å². The molecule has 2 aliphatic heterocycles. The average Bonchev–Trinajstić information content (AvgIpc) is 3.35. The molecule has 32 heavy (non-hydrogen) atoms. The molecule has 0 saturated carbocycles. The summed E-state index contributed by atoms with van der Waals surface area (Å²) in [5.41, 5.74) is 7.29. The molecule has 0 radical (unpaired) electrons. The first-order valence-corrected chi connectivity index (χ1v) is 11.1. The molecular formula is C26H25FN4O. The fourth-order valence-electron chi connectivity index (χ4n) is 5.37. The highest BCUT2D eigenvalue weighted by Gasteiger charge is 2.41. The number of ether oxygens (including phenoxy) is 1. The quantitative estimate of drug-likeness (QED) is 0.453. The molecule has 4 heterocycles. The molecule has 6 rings (SSSR count). The SMILES string of the molecule is COc1ccc(F)c(CN2[C@H]3CC[C@@H]2c2cnc4cc(-c5cccc(C)c5)nn4c2C3)c1. The van der Waals surface area contributed by atoms with Gasteiger partial charge in [-0.2, -0.15) is 5.10 Å². The molecule has 2 atom stereocenters. The van der Waals surface area contributed by atoms with Crippen molar-refractivity contribution in [3.8, 4) is 17.0 Å². The number of aryl methyl sites for hydroxylation is 1. The van der Waals surface area contributed by atoms with Gasteiger partial charge in [0.25, 0.3) is 0 Å². The fourth-order valence-corrected chi connectivity index (χ4v) is 5.37. The van der Waals surface area contributed by atoms with E-state index in [0.717, 1.165) is 36.2 Å². The van der Waals surface area contributed by atoms with Crippen LogP contribution in [0.2, 0.25) is 0 Å². The molecule has 2 bridgehead atoms. The number of hydrogen-bond acceptors (Lipinski definition) is 4. The van der Waals surface area contributed by atoms with E-state index >= 15 is 0 Å². The summed E-state index contributed by atoms with van der Waals surface area (Å²) in [5.74, 6) is 0.509. The Labute approximate surface area is 186 Å². The molecule has 0 unspecified atom stereocenters. The van der Waals surface area contributed by atoms with Crippen molar-refractivity contribution < 1.29 is 9.13 Å². The minimum atomic E-state index is -0.181. The van der Waals surface area contributed by atoms with Crippen LogP contribution in [0.15, 0.2) is 54.7 Å². The first-order valence-electron chi connectivity index (χ1n) is 11.1. The Hall–Kier alpha value is -3.25. The van der Waals surface area contributed by atoms with Gasteiger partial charge in [0.1, 0.15) is 11.6 Å². The first-order chi connectivity index (χ1) is 15.6. The van der Waals surface area contributed by atoms with E-state index in [-0.39, 0.29) is 11.9 Å². The number of halogens is 1. The fraction of sp³-hybridized carbons (Fsp3) is 0.308. The van der Waals surface area contributed by atoms with E-state index in [9.17, 15) is 4.39 Å². The van der Waals surface area contributed by atoms with E-state index in [4.69, 9.17) is 14.8 Å². The molecule has 0 spiro atoms. The Morgan fingerprint density at radius 3 is 2.88 bits per heavy atom. The van der Waals surface area contributed by atoms with Crippen molar-refractivity contribution in [2.45, 2.75) is 44.8 Å². The van der Waals surface area contributed by atoms with Crippen LogP contribution in [0.5, 0.6) is 5.75 Å². The van der Waals surface area contributed by atoms with Gasteiger partial charge in [-0.25, -0.2) is 13.9 Å². The zero-order chi connectivity index (χ0) is 21.8. The molecule has 2 aliphatic rings. The molecule has 4 aromatic rings. The second kappa shape index (κ2) is 7.41. The standard InChI is InChI=1S/C26H25FN4O/c1-16-4-3-5-17(10-16)23-13-26-28-14-21-24-9-6-19(12-25(21)31(26)29-23)30(24)15-18-11-20(32-2)7-8-22(18)27/h3-5,7-8,10-11,13-14,19,24H,6,9,12,15H2,1-2H3/t19-,24+/m0/s1. The predicted molar refractivity (Wildman–Crippen MR) is 121 cm³/mol. The van der Waals surface area contributed by atoms with E-state index in [1.54, 1.807) is 13.2 Å². The van der Waals surface area contributed by atoms with Crippen LogP contribution in [-0.4, -0.2) is 32.6 Å². The van der Waals surface area contributed by atoms with Gasteiger partial charge in [-0.15, -0.1) is 0 Å². The number of aromatic nitrogens is 3. The van der Waals surface area contributed by atoms with E-state index in [1.807, 2.05) is 16.8 Å².